The molecule has 1 heterocycles. The van der Waals surface area contributed by atoms with Crippen LogP contribution in [-0.4, -0.2) is 15.2 Å². The van der Waals surface area contributed by atoms with Gasteiger partial charge in [0.15, 0.2) is 11.0 Å². The predicted octanol–water partition coefficient (Wildman–Crippen LogP) is 0.416. The van der Waals surface area contributed by atoms with Crippen LogP contribution in [0.2, 0.25) is 5.15 Å². The Kier molecular flexibility index (Phi) is 1.48. The van der Waals surface area contributed by atoms with Crippen molar-refractivity contribution >= 4 is 17.4 Å². The van der Waals surface area contributed by atoms with Crippen LogP contribution < -0.4 is 5.73 Å². The summed E-state index contributed by atoms with van der Waals surface area (Å²) >= 11 is 5.42. The molecule has 0 fully saturated rings. The number of anilines is 1. The number of nitrogens with zero attached hydrogens (tertiary/aromatic N) is 3. The third kappa shape index (κ3) is 1.26. The lowest BCUT2D eigenvalue weighted by Crippen LogP contribution is -1.98. The average molecular weight is 145 g/mol. The van der Waals surface area contributed by atoms with Crippen molar-refractivity contribution in [2.45, 2.75) is 6.92 Å². The van der Waals surface area contributed by atoms with Gasteiger partial charge in [-0.05, 0) is 6.92 Å². The van der Waals surface area contributed by atoms with Crippen molar-refractivity contribution in [2.75, 3.05) is 5.73 Å². The van der Waals surface area contributed by atoms with E-state index in [1.165, 1.54) is 0 Å². The van der Waals surface area contributed by atoms with Crippen molar-refractivity contribution in [2.24, 2.45) is 0 Å². The van der Waals surface area contributed by atoms with Crippen LogP contribution in [0, 0.1) is 6.92 Å². The minimum atomic E-state index is 0.153. The van der Waals surface area contributed by atoms with Gasteiger partial charge < -0.3 is 5.73 Å². The lowest BCUT2D eigenvalue weighted by Gasteiger charge is -1.92. The van der Waals surface area contributed by atoms with Crippen molar-refractivity contribution < 1.29 is 0 Å². The Bertz CT molecular complexity index is 224. The van der Waals surface area contributed by atoms with Crippen molar-refractivity contribution in [3.8, 4) is 0 Å². The van der Waals surface area contributed by atoms with Crippen molar-refractivity contribution in [3.05, 3.63) is 11.0 Å². The van der Waals surface area contributed by atoms with E-state index in [1.807, 2.05) is 0 Å². The average Bonchev–Trinajstić information content (AvgIpc) is 1.80. The molecule has 0 atom stereocenters. The van der Waals surface area contributed by atoms with Gasteiger partial charge in [-0.25, -0.2) is 4.98 Å². The molecule has 1 aromatic rings. The maximum atomic E-state index is 5.42. The number of halogens is 1. The standard InChI is InChI=1S/C4H5ClN4/c1-2-7-4(6)3(5)9-8-2/h1H3,(H2,6,7,8). The molecule has 0 aliphatic heterocycles. The maximum absolute atomic E-state index is 5.42. The topological polar surface area (TPSA) is 64.7 Å². The minimum Gasteiger partial charge on any atom is -0.381 e. The molecule has 9 heavy (non-hydrogen) atoms. The van der Waals surface area contributed by atoms with E-state index in [0.29, 0.717) is 5.82 Å². The highest BCUT2D eigenvalue weighted by Gasteiger charge is 1.97. The molecule has 4 nitrogen and oxygen atoms in total. The molecule has 0 aromatic carbocycles. The zero-order chi connectivity index (χ0) is 6.85. The first kappa shape index (κ1) is 6.22. The molecule has 0 radical (unpaired) electrons. The number of nitrogen functional groups attached to an aromatic ring is 1. The zero-order valence-corrected chi connectivity index (χ0v) is 5.55. The van der Waals surface area contributed by atoms with Gasteiger partial charge in [0.1, 0.15) is 5.82 Å². The molecule has 1 rings (SSSR count). The van der Waals surface area contributed by atoms with Gasteiger partial charge >= 0.3 is 0 Å². The van der Waals surface area contributed by atoms with Crippen LogP contribution in [0.25, 0.3) is 0 Å². The van der Waals surface area contributed by atoms with Gasteiger partial charge in [-0.1, -0.05) is 11.6 Å². The number of hydrogen-bond acceptors (Lipinski definition) is 4. The van der Waals surface area contributed by atoms with E-state index in [2.05, 4.69) is 15.2 Å². The molecule has 0 spiro atoms. The van der Waals surface area contributed by atoms with Crippen LogP contribution in [0.5, 0.6) is 0 Å². The van der Waals surface area contributed by atoms with E-state index in [4.69, 9.17) is 17.3 Å². The quantitative estimate of drug-likeness (QED) is 0.573. The first-order valence-electron chi connectivity index (χ1n) is 2.32. The van der Waals surface area contributed by atoms with Gasteiger partial charge in [0, 0.05) is 0 Å². The van der Waals surface area contributed by atoms with E-state index in [-0.39, 0.29) is 11.0 Å². The third-order valence-electron chi connectivity index (χ3n) is 0.776. The number of aryl methyl sites for hydroxylation is 1. The molecule has 0 aliphatic rings. The van der Waals surface area contributed by atoms with Gasteiger partial charge in [0.25, 0.3) is 0 Å². The van der Waals surface area contributed by atoms with Crippen molar-refractivity contribution in [3.63, 3.8) is 0 Å². The highest BCUT2D eigenvalue weighted by molar-refractivity contribution is 6.31. The van der Waals surface area contributed by atoms with Crippen LogP contribution in [0.15, 0.2) is 0 Å². The van der Waals surface area contributed by atoms with Gasteiger partial charge in [-0.2, -0.15) is 0 Å². The summed E-state index contributed by atoms with van der Waals surface area (Å²) in [6.07, 6.45) is 0. The second-order valence-electron chi connectivity index (χ2n) is 1.54. The van der Waals surface area contributed by atoms with Gasteiger partial charge in [0.2, 0.25) is 0 Å². The van der Waals surface area contributed by atoms with Crippen LogP contribution in [0.3, 0.4) is 0 Å². The Labute approximate surface area is 57.1 Å². The Hall–Kier alpha value is -0.900. The molecule has 2 N–H and O–H groups in total. The summed E-state index contributed by atoms with van der Waals surface area (Å²) < 4.78 is 0. The molecule has 0 saturated carbocycles. The van der Waals surface area contributed by atoms with Gasteiger partial charge in [-0.15, -0.1) is 10.2 Å². The van der Waals surface area contributed by atoms with E-state index < -0.39 is 0 Å². The number of aromatic nitrogens is 3. The Balaban J connectivity index is 3.17. The Morgan fingerprint density at radius 2 is 2.11 bits per heavy atom. The predicted molar refractivity (Wildman–Crippen MR) is 34.0 cm³/mol. The van der Waals surface area contributed by atoms with Crippen molar-refractivity contribution in [1.82, 2.24) is 15.2 Å². The summed E-state index contributed by atoms with van der Waals surface area (Å²) in [7, 11) is 0. The van der Waals surface area contributed by atoms with E-state index in [1.54, 1.807) is 6.92 Å². The Morgan fingerprint density at radius 1 is 1.44 bits per heavy atom. The molecule has 0 bridgehead atoms. The van der Waals surface area contributed by atoms with Crippen LogP contribution in [0.1, 0.15) is 5.82 Å². The monoisotopic (exact) mass is 144 g/mol. The van der Waals surface area contributed by atoms with E-state index in [0.717, 1.165) is 0 Å². The second-order valence-corrected chi connectivity index (χ2v) is 1.89. The van der Waals surface area contributed by atoms with Crippen molar-refractivity contribution in [1.29, 1.82) is 0 Å². The van der Waals surface area contributed by atoms with Crippen LogP contribution in [0.4, 0.5) is 5.82 Å². The molecule has 0 saturated heterocycles. The summed E-state index contributed by atoms with van der Waals surface area (Å²) in [6.45, 7) is 1.69. The minimum absolute atomic E-state index is 0.153. The SMILES string of the molecule is Cc1nnc(Cl)c(N)n1. The maximum Gasteiger partial charge on any atom is 0.193 e. The summed E-state index contributed by atoms with van der Waals surface area (Å²) in [5, 5.41) is 7.23. The zero-order valence-electron chi connectivity index (χ0n) is 4.80. The number of hydrogen-bond donors (Lipinski definition) is 1. The molecule has 0 unspecified atom stereocenters. The third-order valence-corrected chi connectivity index (χ3v) is 1.05. The fourth-order valence-corrected chi connectivity index (χ4v) is 0.490. The van der Waals surface area contributed by atoms with Crippen LogP contribution in [-0.2, 0) is 0 Å². The van der Waals surface area contributed by atoms with Gasteiger partial charge in [-0.3, -0.25) is 0 Å². The lowest BCUT2D eigenvalue weighted by molar-refractivity contribution is 0.915. The highest BCUT2D eigenvalue weighted by Crippen LogP contribution is 2.08. The molecular formula is C4H5ClN4. The fourth-order valence-electron chi connectivity index (χ4n) is 0.410. The lowest BCUT2D eigenvalue weighted by atomic mass is 10.7. The molecular weight excluding hydrogens is 140 g/mol. The summed E-state index contributed by atoms with van der Waals surface area (Å²) in [6, 6.07) is 0. The summed E-state index contributed by atoms with van der Waals surface area (Å²) in [5.74, 6) is 0.751. The first-order valence-corrected chi connectivity index (χ1v) is 2.70. The largest absolute Gasteiger partial charge is 0.381 e. The smallest absolute Gasteiger partial charge is 0.193 e. The highest BCUT2D eigenvalue weighted by atomic mass is 35.5. The molecule has 5 heteroatoms. The molecule has 48 valence electrons. The number of rotatable bonds is 0. The fraction of sp³-hybridized carbons (Fsp3) is 0.250. The normalized spacial score (nSPS) is 9.56. The van der Waals surface area contributed by atoms with E-state index >= 15 is 0 Å². The molecule has 1 aromatic heterocycles. The number of nitrogens with two attached hydrogens (primary N) is 1. The molecule has 0 amide bonds. The van der Waals surface area contributed by atoms with Crippen LogP contribution >= 0.6 is 11.6 Å². The Morgan fingerprint density at radius 3 is 2.56 bits per heavy atom. The van der Waals surface area contributed by atoms with Gasteiger partial charge in [0.05, 0.1) is 0 Å². The van der Waals surface area contributed by atoms with E-state index in [9.17, 15) is 0 Å². The summed E-state index contributed by atoms with van der Waals surface area (Å²) in [4.78, 5) is 3.75. The second kappa shape index (κ2) is 2.14. The first-order chi connectivity index (χ1) is 4.20. The summed E-state index contributed by atoms with van der Waals surface area (Å²) in [5.41, 5.74) is 5.28. The molecule has 0 aliphatic carbocycles.